The van der Waals surface area contributed by atoms with Crippen LogP contribution in [0.3, 0.4) is 0 Å². The number of aliphatic hydroxyl groups is 1. The van der Waals surface area contributed by atoms with Gasteiger partial charge in [0.1, 0.15) is 0 Å². The summed E-state index contributed by atoms with van der Waals surface area (Å²) in [7, 11) is 1.48. The molecular weight excluding hydrogens is 332 g/mol. The Labute approximate surface area is 159 Å². The second-order valence-electron chi connectivity index (χ2n) is 7.09. The molecule has 0 aromatic rings. The minimum Gasteiger partial charge on any atom is -0.465 e. The third-order valence-corrected chi connectivity index (χ3v) is 4.75. The van der Waals surface area contributed by atoms with Crippen molar-refractivity contribution in [3.05, 3.63) is 0 Å². The van der Waals surface area contributed by atoms with Gasteiger partial charge in [-0.3, -0.25) is 4.79 Å². The zero-order valence-corrected chi connectivity index (χ0v) is 16.9. The van der Waals surface area contributed by atoms with Gasteiger partial charge in [0, 0.05) is 33.1 Å². The number of nitrogens with zero attached hydrogens (tertiary/aromatic N) is 2. The predicted octanol–water partition coefficient (Wildman–Crippen LogP) is 4.12. The first kappa shape index (κ1) is 24.7. The number of hydrogen-bond donors (Lipinski definition) is 2. The van der Waals surface area contributed by atoms with Crippen LogP contribution in [0, 0.1) is 0 Å². The summed E-state index contributed by atoms with van der Waals surface area (Å²) in [5.41, 5.74) is 0. The van der Waals surface area contributed by atoms with Crippen molar-refractivity contribution < 1.29 is 19.8 Å². The third kappa shape index (κ3) is 13.9. The molecule has 0 saturated heterocycles. The van der Waals surface area contributed by atoms with E-state index in [9.17, 15) is 9.59 Å². The minimum atomic E-state index is -1.01. The van der Waals surface area contributed by atoms with Crippen LogP contribution < -0.4 is 0 Å². The molecule has 0 aliphatic carbocycles. The Hall–Kier alpha value is -1.30. The van der Waals surface area contributed by atoms with Crippen LogP contribution in [0.1, 0.15) is 84.0 Å². The Morgan fingerprint density at radius 2 is 1.27 bits per heavy atom. The van der Waals surface area contributed by atoms with Crippen molar-refractivity contribution in [3.8, 4) is 0 Å². The van der Waals surface area contributed by atoms with Gasteiger partial charge in [-0.15, -0.1) is 0 Å². The maximum Gasteiger partial charge on any atom is 0.407 e. The molecule has 0 bridgehead atoms. The van der Waals surface area contributed by atoms with E-state index >= 15 is 0 Å². The lowest BCUT2D eigenvalue weighted by atomic mass is 10.1. The Kier molecular flexibility index (Phi) is 16.3. The number of carbonyl (C=O) groups is 2. The van der Waals surface area contributed by atoms with Gasteiger partial charge >= 0.3 is 6.09 Å². The monoisotopic (exact) mass is 372 g/mol. The largest absolute Gasteiger partial charge is 0.465 e. The molecule has 154 valence electrons. The van der Waals surface area contributed by atoms with Gasteiger partial charge in [-0.1, -0.05) is 71.1 Å². The smallest absolute Gasteiger partial charge is 0.407 e. The number of carbonyl (C=O) groups excluding carboxylic acids is 1. The van der Waals surface area contributed by atoms with Crippen LogP contribution in [0.25, 0.3) is 0 Å². The van der Waals surface area contributed by atoms with E-state index in [4.69, 9.17) is 10.2 Å². The van der Waals surface area contributed by atoms with Crippen LogP contribution in [-0.4, -0.2) is 65.3 Å². The molecule has 6 nitrogen and oxygen atoms in total. The lowest BCUT2D eigenvalue weighted by Crippen LogP contribution is -2.40. The Morgan fingerprint density at radius 1 is 0.769 bits per heavy atom. The van der Waals surface area contributed by atoms with Crippen LogP contribution in [0.4, 0.5) is 4.79 Å². The van der Waals surface area contributed by atoms with Gasteiger partial charge in [0.05, 0.1) is 6.61 Å². The van der Waals surface area contributed by atoms with E-state index < -0.39 is 6.09 Å². The summed E-state index contributed by atoms with van der Waals surface area (Å²) in [6.45, 7) is 3.01. The summed E-state index contributed by atoms with van der Waals surface area (Å²) in [6.07, 6.45) is 13.1. The SMILES string of the molecule is CCCCCCCCCCCCCC(=O)N(CCO)CCN(C)C(=O)O. The summed E-state index contributed by atoms with van der Waals surface area (Å²) in [4.78, 5) is 25.7. The Morgan fingerprint density at radius 3 is 1.73 bits per heavy atom. The van der Waals surface area contributed by atoms with E-state index in [2.05, 4.69) is 6.92 Å². The molecule has 26 heavy (non-hydrogen) atoms. The fraction of sp³-hybridized carbons (Fsp3) is 0.900. The third-order valence-electron chi connectivity index (χ3n) is 4.75. The second-order valence-corrected chi connectivity index (χ2v) is 7.09. The van der Waals surface area contributed by atoms with Gasteiger partial charge in [0.25, 0.3) is 0 Å². The van der Waals surface area contributed by atoms with Crippen molar-refractivity contribution in [2.75, 3.05) is 33.3 Å². The summed E-state index contributed by atoms with van der Waals surface area (Å²) in [5.74, 6) is 0.00811. The second kappa shape index (κ2) is 17.1. The maximum atomic E-state index is 12.2. The fourth-order valence-corrected chi connectivity index (χ4v) is 2.95. The van der Waals surface area contributed by atoms with Gasteiger partial charge in [0.15, 0.2) is 0 Å². The average molecular weight is 373 g/mol. The fourth-order valence-electron chi connectivity index (χ4n) is 2.95. The van der Waals surface area contributed by atoms with Crippen LogP contribution in [-0.2, 0) is 4.79 Å². The minimum absolute atomic E-state index is 0.00811. The molecule has 2 N–H and O–H groups in total. The zero-order valence-electron chi connectivity index (χ0n) is 16.9. The highest BCUT2D eigenvalue weighted by Gasteiger charge is 2.14. The number of amides is 2. The van der Waals surface area contributed by atoms with Crippen LogP contribution in [0.2, 0.25) is 0 Å². The lowest BCUT2D eigenvalue weighted by molar-refractivity contribution is -0.132. The highest BCUT2D eigenvalue weighted by molar-refractivity contribution is 5.76. The highest BCUT2D eigenvalue weighted by Crippen LogP contribution is 2.12. The van der Waals surface area contributed by atoms with Gasteiger partial charge in [-0.2, -0.15) is 0 Å². The van der Waals surface area contributed by atoms with Crippen molar-refractivity contribution in [2.45, 2.75) is 84.0 Å². The van der Waals surface area contributed by atoms with E-state index in [0.717, 1.165) is 17.7 Å². The average Bonchev–Trinajstić information content (AvgIpc) is 2.62. The molecular formula is C20H40N2O4. The number of unbranched alkanes of at least 4 members (excludes halogenated alkanes) is 10. The number of likely N-dealkylation sites (N-methyl/N-ethyl adjacent to an activating group) is 1. The number of aliphatic hydroxyl groups excluding tert-OH is 1. The van der Waals surface area contributed by atoms with E-state index in [0.29, 0.717) is 13.0 Å². The summed E-state index contributed by atoms with van der Waals surface area (Å²) >= 11 is 0. The maximum absolute atomic E-state index is 12.2. The molecule has 0 aromatic heterocycles. The van der Waals surface area contributed by atoms with Gasteiger partial charge < -0.3 is 20.0 Å². The van der Waals surface area contributed by atoms with Crippen LogP contribution in [0.15, 0.2) is 0 Å². The first-order valence-corrected chi connectivity index (χ1v) is 10.4. The Bertz CT molecular complexity index is 364. The molecule has 0 aliphatic rings. The summed E-state index contributed by atoms with van der Waals surface area (Å²) in [6, 6.07) is 0. The molecule has 0 radical (unpaired) electrons. The highest BCUT2D eigenvalue weighted by atomic mass is 16.4. The predicted molar refractivity (Wildman–Crippen MR) is 105 cm³/mol. The molecule has 0 aliphatic heterocycles. The van der Waals surface area contributed by atoms with Crippen molar-refractivity contribution in [1.29, 1.82) is 0 Å². The van der Waals surface area contributed by atoms with E-state index in [-0.39, 0.29) is 25.6 Å². The Balaban J connectivity index is 3.71. The first-order chi connectivity index (χ1) is 12.5. The summed E-state index contributed by atoms with van der Waals surface area (Å²) in [5, 5.41) is 17.9. The molecule has 0 unspecified atom stereocenters. The van der Waals surface area contributed by atoms with Crippen molar-refractivity contribution in [1.82, 2.24) is 9.80 Å². The van der Waals surface area contributed by atoms with Gasteiger partial charge in [-0.25, -0.2) is 4.79 Å². The molecule has 0 saturated carbocycles. The van der Waals surface area contributed by atoms with E-state index in [1.54, 1.807) is 4.90 Å². The van der Waals surface area contributed by atoms with Gasteiger partial charge in [-0.05, 0) is 6.42 Å². The topological polar surface area (TPSA) is 81.1 Å². The number of rotatable bonds is 17. The van der Waals surface area contributed by atoms with E-state index in [1.165, 1.54) is 64.8 Å². The van der Waals surface area contributed by atoms with Crippen molar-refractivity contribution in [2.24, 2.45) is 0 Å². The number of hydrogen-bond acceptors (Lipinski definition) is 3. The van der Waals surface area contributed by atoms with Crippen molar-refractivity contribution in [3.63, 3.8) is 0 Å². The quantitative estimate of drug-likeness (QED) is 0.376. The van der Waals surface area contributed by atoms with Crippen LogP contribution in [0.5, 0.6) is 0 Å². The molecule has 0 fully saturated rings. The van der Waals surface area contributed by atoms with E-state index in [1.807, 2.05) is 0 Å². The molecule has 0 heterocycles. The molecule has 6 heteroatoms. The summed E-state index contributed by atoms with van der Waals surface area (Å²) < 4.78 is 0. The number of carboxylic acid groups (broad SMARTS) is 1. The molecule has 0 rings (SSSR count). The lowest BCUT2D eigenvalue weighted by Gasteiger charge is -2.24. The molecule has 2 amide bonds. The normalized spacial score (nSPS) is 10.7. The molecule has 0 spiro atoms. The van der Waals surface area contributed by atoms with Crippen molar-refractivity contribution >= 4 is 12.0 Å². The first-order valence-electron chi connectivity index (χ1n) is 10.4. The van der Waals surface area contributed by atoms with Gasteiger partial charge in [0.2, 0.25) is 5.91 Å². The zero-order chi connectivity index (χ0) is 19.6. The molecule has 0 atom stereocenters. The molecule has 0 aromatic carbocycles. The standard InChI is InChI=1S/C20H40N2O4/c1-3-4-5-6-7-8-9-10-11-12-13-14-19(24)22(17-18-23)16-15-21(2)20(25)26/h23H,3-18H2,1-2H3,(H,25,26). The van der Waals surface area contributed by atoms with Crippen LogP contribution >= 0.6 is 0 Å².